The predicted octanol–water partition coefficient (Wildman–Crippen LogP) is 2.25. The van der Waals surface area contributed by atoms with Crippen LogP contribution in [0, 0.1) is 0 Å². The van der Waals surface area contributed by atoms with Crippen LogP contribution in [-0.4, -0.2) is 46.8 Å². The summed E-state index contributed by atoms with van der Waals surface area (Å²) >= 11 is 6.38. The average Bonchev–Trinajstić information content (AvgIpc) is 2.64. The van der Waals surface area contributed by atoms with Gasteiger partial charge in [0.25, 0.3) is 0 Å². The normalized spacial score (nSPS) is 29.1. The lowest BCUT2D eigenvalue weighted by Crippen LogP contribution is -2.55. The number of aliphatic hydroxyl groups excluding tert-OH is 3. The minimum Gasteiger partial charge on any atom is -0.498 e. The van der Waals surface area contributed by atoms with Crippen LogP contribution in [0.1, 0.15) is 36.9 Å². The van der Waals surface area contributed by atoms with E-state index in [4.69, 9.17) is 16.3 Å². The monoisotopic (exact) mass is 379 g/mol. The van der Waals surface area contributed by atoms with Gasteiger partial charge in [0.05, 0.1) is 24.5 Å². The lowest BCUT2D eigenvalue weighted by atomic mass is 9.89. The van der Waals surface area contributed by atoms with Gasteiger partial charge in [-0.25, -0.2) is 0 Å². The van der Waals surface area contributed by atoms with Crippen LogP contribution in [-0.2, 0) is 11.2 Å². The zero-order valence-corrected chi connectivity index (χ0v) is 15.6. The summed E-state index contributed by atoms with van der Waals surface area (Å²) in [5.41, 5.74) is 3.11. The molecular weight excluding hydrogens is 354 g/mol. The van der Waals surface area contributed by atoms with Crippen molar-refractivity contribution in [2.75, 3.05) is 13.2 Å². The second-order valence-electron chi connectivity index (χ2n) is 6.85. The summed E-state index contributed by atoms with van der Waals surface area (Å²) < 4.78 is 5.54. The van der Waals surface area contributed by atoms with E-state index < -0.39 is 24.4 Å². The maximum Gasteiger partial charge on any atom is 0.109 e. The molecule has 0 saturated carbocycles. The Hall–Kier alpha value is -1.37. The summed E-state index contributed by atoms with van der Waals surface area (Å²) in [6.45, 7) is 2.89. The van der Waals surface area contributed by atoms with Crippen LogP contribution in [0.3, 0.4) is 0 Å². The molecule has 1 saturated heterocycles. The van der Waals surface area contributed by atoms with Crippen LogP contribution >= 0.6 is 11.6 Å². The van der Waals surface area contributed by atoms with Crippen LogP contribution in [0.2, 0.25) is 5.02 Å². The maximum absolute atomic E-state index is 10.3. The Morgan fingerprint density at radius 3 is 2.65 bits per heavy atom. The van der Waals surface area contributed by atoms with Gasteiger partial charge in [-0.2, -0.15) is 0 Å². The molecule has 6 heteroatoms. The molecule has 1 fully saturated rings. The summed E-state index contributed by atoms with van der Waals surface area (Å²) in [7, 11) is 0. The van der Waals surface area contributed by atoms with Crippen LogP contribution < -0.4 is 5.32 Å². The highest BCUT2D eigenvalue weighted by atomic mass is 35.5. The Balaban J connectivity index is 1.76. The summed E-state index contributed by atoms with van der Waals surface area (Å²) in [5, 5.41) is 33.7. The third kappa shape index (κ3) is 4.30. The largest absolute Gasteiger partial charge is 0.498 e. The van der Waals surface area contributed by atoms with Gasteiger partial charge in [-0.05, 0) is 43.0 Å². The quantitative estimate of drug-likeness (QED) is 0.631. The molecule has 1 aliphatic heterocycles. The minimum atomic E-state index is -1.16. The number of hydrogen-bond acceptors (Lipinski definition) is 5. The Morgan fingerprint density at radius 2 is 1.96 bits per heavy atom. The topological polar surface area (TPSA) is 82.0 Å². The summed E-state index contributed by atoms with van der Waals surface area (Å²) in [4.78, 5) is 0. The molecule has 1 heterocycles. The first kappa shape index (κ1) is 19.4. The standard InChI is InChI=1S/C20H26ClNO4/c1-2-26-15-6-3-12(4-7-15)9-14-10-13(5-8-16(14)21)18-20(25)19(24)17(23)11-22-18/h3,5-6,8,10,17-20,22-25H,2,4,7,9,11H2,1H3/t17-,18+,19+,20+/m1/s1. The zero-order valence-electron chi connectivity index (χ0n) is 14.9. The molecule has 2 aliphatic rings. The molecule has 4 N–H and O–H groups in total. The first-order chi connectivity index (χ1) is 12.5. The van der Waals surface area contributed by atoms with E-state index in [1.165, 1.54) is 5.57 Å². The number of rotatable bonds is 5. The average molecular weight is 380 g/mol. The number of hydrogen-bond donors (Lipinski definition) is 4. The molecule has 0 amide bonds. The molecule has 26 heavy (non-hydrogen) atoms. The van der Waals surface area contributed by atoms with Crippen molar-refractivity contribution in [3.8, 4) is 0 Å². The molecule has 142 valence electrons. The number of aliphatic hydroxyl groups is 3. The van der Waals surface area contributed by atoms with E-state index in [2.05, 4.69) is 11.4 Å². The van der Waals surface area contributed by atoms with E-state index in [0.717, 1.165) is 36.1 Å². The van der Waals surface area contributed by atoms with Crippen molar-refractivity contribution < 1.29 is 20.1 Å². The van der Waals surface area contributed by atoms with Gasteiger partial charge in [0.15, 0.2) is 0 Å². The van der Waals surface area contributed by atoms with E-state index >= 15 is 0 Å². The van der Waals surface area contributed by atoms with Gasteiger partial charge < -0.3 is 25.4 Å². The Morgan fingerprint density at radius 1 is 1.15 bits per heavy atom. The molecule has 4 atom stereocenters. The lowest BCUT2D eigenvalue weighted by molar-refractivity contribution is -0.0949. The Bertz CT molecular complexity index is 703. The number of allylic oxidation sites excluding steroid dienone is 4. The number of benzene rings is 1. The van der Waals surface area contributed by atoms with Crippen LogP contribution in [0.4, 0.5) is 0 Å². The Kier molecular flexibility index (Phi) is 6.37. The van der Waals surface area contributed by atoms with Gasteiger partial charge in [-0.3, -0.25) is 0 Å². The maximum atomic E-state index is 10.3. The van der Waals surface area contributed by atoms with Crippen LogP contribution in [0.15, 0.2) is 41.7 Å². The fourth-order valence-corrected chi connectivity index (χ4v) is 3.70. The number of piperidine rings is 1. The fourth-order valence-electron chi connectivity index (χ4n) is 3.51. The Labute approximate surface area is 158 Å². The van der Waals surface area contributed by atoms with Crippen molar-refractivity contribution in [1.29, 1.82) is 0 Å². The van der Waals surface area contributed by atoms with E-state index in [1.807, 2.05) is 31.2 Å². The highest BCUT2D eigenvalue weighted by molar-refractivity contribution is 6.31. The summed E-state index contributed by atoms with van der Waals surface area (Å²) in [5.74, 6) is 1.01. The minimum absolute atomic E-state index is 0.233. The van der Waals surface area contributed by atoms with E-state index in [9.17, 15) is 15.3 Å². The molecule has 0 unspecified atom stereocenters. The van der Waals surface area contributed by atoms with Crippen molar-refractivity contribution >= 4 is 11.6 Å². The van der Waals surface area contributed by atoms with Crippen molar-refractivity contribution in [1.82, 2.24) is 5.32 Å². The molecular formula is C20H26ClNO4. The molecule has 5 nitrogen and oxygen atoms in total. The highest BCUT2D eigenvalue weighted by Crippen LogP contribution is 2.30. The van der Waals surface area contributed by atoms with Crippen LogP contribution in [0.25, 0.3) is 0 Å². The van der Waals surface area contributed by atoms with E-state index in [0.29, 0.717) is 11.6 Å². The predicted molar refractivity (Wildman–Crippen MR) is 101 cm³/mol. The molecule has 3 rings (SSSR count). The molecule has 0 aromatic heterocycles. The fraction of sp³-hybridized carbons (Fsp3) is 0.500. The molecule has 1 aliphatic carbocycles. The van der Waals surface area contributed by atoms with E-state index in [1.54, 1.807) is 0 Å². The van der Waals surface area contributed by atoms with Crippen molar-refractivity contribution in [2.24, 2.45) is 0 Å². The third-order valence-electron chi connectivity index (χ3n) is 5.01. The molecule has 1 aromatic rings. The van der Waals surface area contributed by atoms with Gasteiger partial charge >= 0.3 is 0 Å². The molecule has 0 bridgehead atoms. The van der Waals surface area contributed by atoms with Gasteiger partial charge in [0.2, 0.25) is 0 Å². The third-order valence-corrected chi connectivity index (χ3v) is 5.37. The van der Waals surface area contributed by atoms with Crippen LogP contribution in [0.5, 0.6) is 0 Å². The van der Waals surface area contributed by atoms with Gasteiger partial charge in [-0.15, -0.1) is 0 Å². The second-order valence-corrected chi connectivity index (χ2v) is 7.26. The molecule has 0 radical (unpaired) electrons. The smallest absolute Gasteiger partial charge is 0.109 e. The second kappa shape index (κ2) is 8.55. The lowest BCUT2D eigenvalue weighted by Gasteiger charge is -2.36. The van der Waals surface area contributed by atoms with Gasteiger partial charge in [0.1, 0.15) is 12.2 Å². The highest BCUT2D eigenvalue weighted by Gasteiger charge is 2.37. The van der Waals surface area contributed by atoms with E-state index in [-0.39, 0.29) is 6.54 Å². The summed E-state index contributed by atoms with van der Waals surface area (Å²) in [6, 6.07) is 5.20. The number of nitrogens with one attached hydrogen (secondary N) is 1. The molecule has 1 aromatic carbocycles. The number of ether oxygens (including phenoxy) is 1. The first-order valence-corrected chi connectivity index (χ1v) is 9.44. The van der Waals surface area contributed by atoms with Crippen molar-refractivity contribution in [3.63, 3.8) is 0 Å². The number of β-amino-alcohol motifs (C(OH)–C–C–N with tert-alkyl or cyclic N) is 1. The van der Waals surface area contributed by atoms with Gasteiger partial charge in [-0.1, -0.05) is 35.4 Å². The number of halogens is 1. The summed E-state index contributed by atoms with van der Waals surface area (Å²) in [6.07, 6.45) is 3.46. The first-order valence-electron chi connectivity index (χ1n) is 9.07. The van der Waals surface area contributed by atoms with Crippen molar-refractivity contribution in [2.45, 2.75) is 50.5 Å². The van der Waals surface area contributed by atoms with Crippen molar-refractivity contribution in [3.05, 3.63) is 57.8 Å². The molecule has 0 spiro atoms. The SMILES string of the molecule is CCOC1=CC=C(Cc2cc([C@@H]3NC[C@@H](O)[C@H](O)[C@H]3O)ccc2Cl)CC1. The zero-order chi connectivity index (χ0) is 18.7. The van der Waals surface area contributed by atoms with Gasteiger partial charge in [0, 0.05) is 18.0 Å².